The van der Waals surface area contributed by atoms with Crippen LogP contribution in [0.4, 0.5) is 5.69 Å². The van der Waals surface area contributed by atoms with Crippen LogP contribution < -0.4 is 4.90 Å². The Hall–Kier alpha value is -1.22. The van der Waals surface area contributed by atoms with E-state index >= 15 is 0 Å². The SMILES string of the molecule is CCC(C)CN(CC(=O)O)c1cccc(Cl)c1. The Kier molecular flexibility index (Phi) is 5.29. The molecule has 0 aliphatic heterocycles. The van der Waals surface area contributed by atoms with Crippen LogP contribution in [0.25, 0.3) is 0 Å². The summed E-state index contributed by atoms with van der Waals surface area (Å²) >= 11 is 5.92. The van der Waals surface area contributed by atoms with Gasteiger partial charge in [0.2, 0.25) is 0 Å². The molecule has 1 unspecified atom stereocenters. The standard InChI is InChI=1S/C13H18ClNO2/c1-3-10(2)8-15(9-13(16)17)12-6-4-5-11(14)7-12/h4-7,10H,3,8-9H2,1-2H3,(H,16,17). The second-order valence-corrected chi connectivity index (χ2v) is 4.70. The number of carboxylic acids is 1. The molecule has 0 aromatic heterocycles. The van der Waals surface area contributed by atoms with Crippen LogP contribution in [0, 0.1) is 5.92 Å². The van der Waals surface area contributed by atoms with Crippen molar-refractivity contribution in [3.05, 3.63) is 29.3 Å². The highest BCUT2D eigenvalue weighted by molar-refractivity contribution is 6.30. The molecular weight excluding hydrogens is 238 g/mol. The van der Waals surface area contributed by atoms with Crippen LogP contribution in [0.5, 0.6) is 0 Å². The predicted molar refractivity (Wildman–Crippen MR) is 70.8 cm³/mol. The Morgan fingerprint density at radius 2 is 2.24 bits per heavy atom. The van der Waals surface area contributed by atoms with Crippen molar-refractivity contribution in [2.24, 2.45) is 5.92 Å². The van der Waals surface area contributed by atoms with Crippen molar-refractivity contribution in [1.82, 2.24) is 0 Å². The molecule has 0 saturated carbocycles. The number of nitrogens with zero attached hydrogens (tertiary/aromatic N) is 1. The number of anilines is 1. The quantitative estimate of drug-likeness (QED) is 0.848. The fourth-order valence-corrected chi connectivity index (χ4v) is 1.79. The van der Waals surface area contributed by atoms with Gasteiger partial charge in [-0.05, 0) is 24.1 Å². The Bertz CT molecular complexity index is 381. The summed E-state index contributed by atoms with van der Waals surface area (Å²) in [5, 5.41) is 9.55. The molecule has 4 heteroatoms. The molecule has 1 rings (SSSR count). The largest absolute Gasteiger partial charge is 0.480 e. The Morgan fingerprint density at radius 1 is 1.53 bits per heavy atom. The maximum atomic E-state index is 10.9. The molecule has 1 N–H and O–H groups in total. The van der Waals surface area contributed by atoms with Crippen LogP contribution in [0.3, 0.4) is 0 Å². The van der Waals surface area contributed by atoms with E-state index < -0.39 is 5.97 Å². The highest BCUT2D eigenvalue weighted by Crippen LogP contribution is 2.20. The van der Waals surface area contributed by atoms with Gasteiger partial charge in [-0.3, -0.25) is 4.79 Å². The molecule has 0 aliphatic carbocycles. The Morgan fingerprint density at radius 3 is 2.76 bits per heavy atom. The molecule has 0 fully saturated rings. The van der Waals surface area contributed by atoms with E-state index in [1.807, 2.05) is 17.0 Å². The van der Waals surface area contributed by atoms with Crippen molar-refractivity contribution >= 4 is 23.3 Å². The third-order valence-corrected chi connectivity index (χ3v) is 2.96. The summed E-state index contributed by atoms with van der Waals surface area (Å²) in [5.74, 6) is -0.374. The lowest BCUT2D eigenvalue weighted by atomic mass is 10.1. The van der Waals surface area contributed by atoms with Gasteiger partial charge in [-0.25, -0.2) is 0 Å². The summed E-state index contributed by atoms with van der Waals surface area (Å²) in [7, 11) is 0. The summed E-state index contributed by atoms with van der Waals surface area (Å²) in [5.41, 5.74) is 0.861. The van der Waals surface area contributed by atoms with Crippen LogP contribution in [0.2, 0.25) is 5.02 Å². The monoisotopic (exact) mass is 255 g/mol. The van der Waals surface area contributed by atoms with Gasteiger partial charge in [0, 0.05) is 17.3 Å². The van der Waals surface area contributed by atoms with Crippen molar-refractivity contribution in [2.45, 2.75) is 20.3 Å². The number of hydrogen-bond donors (Lipinski definition) is 1. The zero-order valence-electron chi connectivity index (χ0n) is 10.2. The molecule has 0 amide bonds. The van der Waals surface area contributed by atoms with Crippen LogP contribution >= 0.6 is 11.6 Å². The lowest BCUT2D eigenvalue weighted by Crippen LogP contribution is -2.33. The van der Waals surface area contributed by atoms with Gasteiger partial charge in [0.1, 0.15) is 6.54 Å². The molecule has 17 heavy (non-hydrogen) atoms. The normalized spacial score (nSPS) is 12.2. The average molecular weight is 256 g/mol. The van der Waals surface area contributed by atoms with Crippen molar-refractivity contribution in [3.63, 3.8) is 0 Å². The van der Waals surface area contributed by atoms with Crippen LogP contribution in [-0.4, -0.2) is 24.2 Å². The zero-order chi connectivity index (χ0) is 12.8. The first-order valence-electron chi connectivity index (χ1n) is 5.75. The minimum atomic E-state index is -0.826. The van der Waals surface area contributed by atoms with Gasteiger partial charge >= 0.3 is 5.97 Å². The number of carbonyl (C=O) groups is 1. The number of aliphatic carboxylic acids is 1. The number of rotatable bonds is 6. The van der Waals surface area contributed by atoms with Gasteiger partial charge in [-0.1, -0.05) is 37.9 Å². The van der Waals surface area contributed by atoms with Gasteiger partial charge in [0.25, 0.3) is 0 Å². The molecule has 1 aromatic carbocycles. The summed E-state index contributed by atoms with van der Waals surface area (Å²) < 4.78 is 0. The van der Waals surface area contributed by atoms with Gasteiger partial charge < -0.3 is 10.0 Å². The first-order valence-corrected chi connectivity index (χ1v) is 6.13. The summed E-state index contributed by atoms with van der Waals surface area (Å²) in [6.07, 6.45) is 1.02. The molecule has 1 atom stereocenters. The van der Waals surface area contributed by atoms with E-state index in [0.29, 0.717) is 10.9 Å². The van der Waals surface area contributed by atoms with Crippen molar-refractivity contribution in [3.8, 4) is 0 Å². The molecule has 0 aliphatic rings. The number of carboxylic acid groups (broad SMARTS) is 1. The first kappa shape index (κ1) is 13.8. The molecule has 3 nitrogen and oxygen atoms in total. The topological polar surface area (TPSA) is 40.5 Å². The van der Waals surface area contributed by atoms with E-state index in [4.69, 9.17) is 16.7 Å². The third-order valence-electron chi connectivity index (χ3n) is 2.73. The molecular formula is C13H18ClNO2. The summed E-state index contributed by atoms with van der Waals surface area (Å²) in [6.45, 7) is 4.94. The molecule has 0 saturated heterocycles. The van der Waals surface area contributed by atoms with E-state index in [-0.39, 0.29) is 6.54 Å². The van der Waals surface area contributed by atoms with Crippen molar-refractivity contribution in [2.75, 3.05) is 18.0 Å². The minimum Gasteiger partial charge on any atom is -0.480 e. The second kappa shape index (κ2) is 6.50. The van der Waals surface area contributed by atoms with Crippen LogP contribution in [0.1, 0.15) is 20.3 Å². The Labute approximate surface area is 107 Å². The number of halogens is 1. The van der Waals surface area contributed by atoms with Crippen LogP contribution in [0.15, 0.2) is 24.3 Å². The van der Waals surface area contributed by atoms with Crippen molar-refractivity contribution < 1.29 is 9.90 Å². The zero-order valence-corrected chi connectivity index (χ0v) is 10.9. The fourth-order valence-electron chi connectivity index (χ4n) is 1.60. The maximum absolute atomic E-state index is 10.9. The molecule has 1 aromatic rings. The molecule has 0 radical (unpaired) electrons. The minimum absolute atomic E-state index is 0.00465. The van der Waals surface area contributed by atoms with E-state index in [9.17, 15) is 4.79 Å². The lowest BCUT2D eigenvalue weighted by Gasteiger charge is -2.26. The smallest absolute Gasteiger partial charge is 0.323 e. The predicted octanol–water partition coefficient (Wildman–Crippen LogP) is 3.28. The maximum Gasteiger partial charge on any atom is 0.323 e. The lowest BCUT2D eigenvalue weighted by molar-refractivity contribution is -0.135. The highest BCUT2D eigenvalue weighted by Gasteiger charge is 2.13. The van der Waals surface area contributed by atoms with E-state index in [1.165, 1.54) is 0 Å². The van der Waals surface area contributed by atoms with Gasteiger partial charge in [0.15, 0.2) is 0 Å². The fraction of sp³-hybridized carbons (Fsp3) is 0.462. The van der Waals surface area contributed by atoms with Gasteiger partial charge in [0.05, 0.1) is 0 Å². The molecule has 0 bridgehead atoms. The van der Waals surface area contributed by atoms with E-state index in [1.54, 1.807) is 12.1 Å². The van der Waals surface area contributed by atoms with E-state index in [0.717, 1.165) is 18.7 Å². The van der Waals surface area contributed by atoms with Crippen LogP contribution in [-0.2, 0) is 4.79 Å². The molecule has 0 spiro atoms. The molecule has 94 valence electrons. The Balaban J connectivity index is 2.85. The molecule has 0 heterocycles. The van der Waals surface area contributed by atoms with Gasteiger partial charge in [-0.15, -0.1) is 0 Å². The van der Waals surface area contributed by atoms with E-state index in [2.05, 4.69) is 13.8 Å². The number of hydrogen-bond acceptors (Lipinski definition) is 2. The average Bonchev–Trinajstić information content (AvgIpc) is 2.27. The van der Waals surface area contributed by atoms with Crippen molar-refractivity contribution in [1.29, 1.82) is 0 Å². The second-order valence-electron chi connectivity index (χ2n) is 4.27. The number of benzene rings is 1. The summed E-state index contributed by atoms with van der Waals surface area (Å²) in [4.78, 5) is 12.7. The third kappa shape index (κ3) is 4.65. The highest BCUT2D eigenvalue weighted by atomic mass is 35.5. The van der Waals surface area contributed by atoms with Gasteiger partial charge in [-0.2, -0.15) is 0 Å². The first-order chi connectivity index (χ1) is 8.02. The summed E-state index contributed by atoms with van der Waals surface area (Å²) in [6, 6.07) is 7.31.